The van der Waals surface area contributed by atoms with Crippen molar-refractivity contribution in [2.75, 3.05) is 0 Å². The van der Waals surface area contributed by atoms with Crippen molar-refractivity contribution in [3.05, 3.63) is 113 Å². The van der Waals surface area contributed by atoms with E-state index in [0.717, 1.165) is 11.1 Å². The van der Waals surface area contributed by atoms with Gasteiger partial charge in [0.1, 0.15) is 28.9 Å². The lowest BCUT2D eigenvalue weighted by Crippen LogP contribution is -1.97. The maximum Gasteiger partial charge on any atom is 0.337 e. The predicted octanol–water partition coefficient (Wildman–Crippen LogP) is 7.85. The number of halogens is 1. The quantitative estimate of drug-likeness (QED) is 0.243. The number of nitrogens with zero attached hydrogens (tertiary/aromatic N) is 2. The number of nitriles is 1. The molecule has 5 aromatic rings. The Bertz CT molecular complexity index is 1630. The van der Waals surface area contributed by atoms with Crippen LogP contribution in [0.3, 0.4) is 0 Å². The van der Waals surface area contributed by atoms with E-state index in [9.17, 15) is 15.2 Å². The first-order chi connectivity index (χ1) is 17.5. The van der Waals surface area contributed by atoms with Gasteiger partial charge in [-0.25, -0.2) is 9.79 Å². The first kappa shape index (κ1) is 22.9. The molecule has 0 amide bonds. The van der Waals surface area contributed by atoms with Gasteiger partial charge in [-0.3, -0.25) is 0 Å². The van der Waals surface area contributed by atoms with Crippen LogP contribution < -0.4 is 0 Å². The molecule has 0 bridgehead atoms. The lowest BCUT2D eigenvalue weighted by atomic mass is 9.98. The van der Waals surface area contributed by atoms with Gasteiger partial charge in [0.05, 0.1) is 16.8 Å². The largest absolute Gasteiger partial charge is 0.478 e. The zero-order chi connectivity index (χ0) is 25.1. The highest BCUT2D eigenvalue weighted by molar-refractivity contribution is 6.33. The summed E-state index contributed by atoms with van der Waals surface area (Å²) in [4.78, 5) is 15.8. The molecule has 0 saturated heterocycles. The van der Waals surface area contributed by atoms with Crippen LogP contribution in [0, 0.1) is 11.3 Å². The summed E-state index contributed by atoms with van der Waals surface area (Å²) < 4.78 is 11.9. The summed E-state index contributed by atoms with van der Waals surface area (Å²) >= 11 is 5.96. The van der Waals surface area contributed by atoms with Gasteiger partial charge in [-0.15, -0.1) is 0 Å². The minimum atomic E-state index is -1.12. The Kier molecular flexibility index (Phi) is 6.23. The van der Waals surface area contributed by atoms with Crippen molar-refractivity contribution < 1.29 is 18.7 Å². The smallest absolute Gasteiger partial charge is 0.337 e. The molecule has 0 aliphatic rings. The monoisotopic (exact) mass is 492 g/mol. The van der Waals surface area contributed by atoms with Crippen LogP contribution in [0.4, 0.5) is 5.88 Å². The lowest BCUT2D eigenvalue weighted by molar-refractivity contribution is 0.0697. The van der Waals surface area contributed by atoms with Crippen LogP contribution in [-0.2, 0) is 0 Å². The third-order valence-electron chi connectivity index (χ3n) is 5.52. The number of furan rings is 2. The Morgan fingerprint density at radius 1 is 0.889 bits per heavy atom. The first-order valence-electron chi connectivity index (χ1n) is 10.9. The molecule has 2 heterocycles. The highest BCUT2D eigenvalue weighted by atomic mass is 35.5. The van der Waals surface area contributed by atoms with Crippen molar-refractivity contribution >= 4 is 29.7 Å². The average molecular weight is 493 g/mol. The Labute approximate surface area is 211 Å². The van der Waals surface area contributed by atoms with Crippen LogP contribution in [0.25, 0.3) is 33.8 Å². The second kappa shape index (κ2) is 9.79. The van der Waals surface area contributed by atoms with Crippen LogP contribution in [0.2, 0.25) is 5.02 Å². The number of carboxylic acid groups (broad SMARTS) is 1. The number of hydrogen-bond donors (Lipinski definition) is 1. The van der Waals surface area contributed by atoms with Crippen LogP contribution in [0.1, 0.15) is 21.7 Å². The van der Waals surface area contributed by atoms with Crippen LogP contribution in [0.15, 0.2) is 105 Å². The standard InChI is InChI=1S/C29H17ClN2O4/c30-24-13-11-20(15-22(24)29(33)34)25-14-12-21(35-25)17-32-28-23(16-31)26(18-7-3-1-4-8-18)27(36-28)19-9-5-2-6-10-19/h1-15,17H,(H,33,34)/b32-17+. The van der Waals surface area contributed by atoms with Gasteiger partial charge in [-0.05, 0) is 35.9 Å². The molecular formula is C29H17ClN2O4. The topological polar surface area (TPSA) is 99.7 Å². The van der Waals surface area contributed by atoms with Gasteiger partial charge in [0.15, 0.2) is 0 Å². The number of rotatable bonds is 6. The molecule has 0 radical (unpaired) electrons. The number of aliphatic imine (C=N–C) groups is 1. The second-order valence-electron chi connectivity index (χ2n) is 7.79. The normalized spacial score (nSPS) is 11.0. The third-order valence-corrected chi connectivity index (χ3v) is 5.85. The van der Waals surface area contributed by atoms with E-state index in [1.54, 1.807) is 18.2 Å². The van der Waals surface area contributed by atoms with Crippen LogP contribution in [0.5, 0.6) is 0 Å². The molecule has 5 rings (SSSR count). The molecule has 0 atom stereocenters. The zero-order valence-electron chi connectivity index (χ0n) is 18.7. The minimum Gasteiger partial charge on any atom is -0.478 e. The van der Waals surface area contributed by atoms with E-state index in [4.69, 9.17) is 20.4 Å². The molecular weight excluding hydrogens is 476 g/mol. The van der Waals surface area contributed by atoms with Gasteiger partial charge in [-0.1, -0.05) is 72.3 Å². The molecule has 1 N–H and O–H groups in total. The van der Waals surface area contributed by atoms with E-state index in [2.05, 4.69) is 11.1 Å². The van der Waals surface area contributed by atoms with E-state index >= 15 is 0 Å². The minimum absolute atomic E-state index is 0.0167. The fourth-order valence-electron chi connectivity index (χ4n) is 3.83. The number of carbonyl (C=O) groups is 1. The number of carboxylic acids is 1. The fourth-order valence-corrected chi connectivity index (χ4v) is 4.03. The van der Waals surface area contributed by atoms with Gasteiger partial charge in [0.2, 0.25) is 5.88 Å². The van der Waals surface area contributed by atoms with Crippen molar-refractivity contribution in [3.63, 3.8) is 0 Å². The average Bonchev–Trinajstić information content (AvgIpc) is 3.53. The molecule has 0 aliphatic carbocycles. The molecule has 174 valence electrons. The Morgan fingerprint density at radius 3 is 2.25 bits per heavy atom. The molecule has 2 aromatic heterocycles. The molecule has 0 fully saturated rings. The summed E-state index contributed by atoms with van der Waals surface area (Å²) in [5.41, 5.74) is 3.19. The highest BCUT2D eigenvalue weighted by Crippen LogP contribution is 2.42. The van der Waals surface area contributed by atoms with Crippen molar-refractivity contribution in [1.29, 1.82) is 5.26 Å². The van der Waals surface area contributed by atoms with E-state index in [0.29, 0.717) is 34.0 Å². The number of hydrogen-bond acceptors (Lipinski definition) is 5. The van der Waals surface area contributed by atoms with Gasteiger partial charge >= 0.3 is 5.97 Å². The summed E-state index contributed by atoms with van der Waals surface area (Å²) in [6, 6.07) is 29.3. The van der Waals surface area contributed by atoms with E-state index in [1.807, 2.05) is 60.7 Å². The number of aromatic carboxylic acids is 1. The maximum atomic E-state index is 11.4. The molecule has 36 heavy (non-hydrogen) atoms. The highest BCUT2D eigenvalue weighted by Gasteiger charge is 2.22. The second-order valence-corrected chi connectivity index (χ2v) is 8.20. The van der Waals surface area contributed by atoms with Crippen LogP contribution in [-0.4, -0.2) is 17.3 Å². The SMILES string of the molecule is N#Cc1c(/N=C/c2ccc(-c3ccc(Cl)c(C(=O)O)c3)o2)oc(-c2ccccc2)c1-c1ccccc1. The summed E-state index contributed by atoms with van der Waals surface area (Å²) in [7, 11) is 0. The van der Waals surface area contributed by atoms with Crippen molar-refractivity contribution in [2.45, 2.75) is 0 Å². The molecule has 0 saturated carbocycles. The van der Waals surface area contributed by atoms with Gasteiger partial charge in [-0.2, -0.15) is 5.26 Å². The Morgan fingerprint density at radius 2 is 1.58 bits per heavy atom. The van der Waals surface area contributed by atoms with E-state index in [1.165, 1.54) is 18.3 Å². The van der Waals surface area contributed by atoms with E-state index in [-0.39, 0.29) is 16.5 Å². The van der Waals surface area contributed by atoms with Gasteiger partial charge in [0, 0.05) is 16.7 Å². The van der Waals surface area contributed by atoms with Gasteiger partial charge in [0.25, 0.3) is 0 Å². The molecule has 0 spiro atoms. The summed E-state index contributed by atoms with van der Waals surface area (Å²) in [6.07, 6.45) is 1.46. The summed E-state index contributed by atoms with van der Waals surface area (Å²) in [6.45, 7) is 0. The molecule has 0 unspecified atom stereocenters. The summed E-state index contributed by atoms with van der Waals surface area (Å²) in [5.74, 6) is 0.437. The maximum absolute atomic E-state index is 11.4. The van der Waals surface area contributed by atoms with Gasteiger partial charge < -0.3 is 13.9 Å². The van der Waals surface area contributed by atoms with Crippen LogP contribution >= 0.6 is 11.6 Å². The third kappa shape index (κ3) is 4.43. The molecule has 0 aliphatic heterocycles. The summed E-state index contributed by atoms with van der Waals surface area (Å²) in [5, 5.41) is 19.5. The molecule has 3 aromatic carbocycles. The van der Waals surface area contributed by atoms with Crippen molar-refractivity contribution in [1.82, 2.24) is 0 Å². The van der Waals surface area contributed by atoms with Crippen molar-refractivity contribution in [3.8, 4) is 39.8 Å². The lowest BCUT2D eigenvalue weighted by Gasteiger charge is -2.03. The van der Waals surface area contributed by atoms with Crippen molar-refractivity contribution in [2.24, 2.45) is 4.99 Å². The zero-order valence-corrected chi connectivity index (χ0v) is 19.4. The number of benzene rings is 3. The molecule has 6 nitrogen and oxygen atoms in total. The fraction of sp³-hybridized carbons (Fsp3) is 0. The van der Waals surface area contributed by atoms with E-state index < -0.39 is 5.97 Å². The first-order valence-corrected chi connectivity index (χ1v) is 11.3. The Balaban J connectivity index is 1.53. The Hall–Kier alpha value is -4.86. The molecule has 7 heteroatoms. The predicted molar refractivity (Wildman–Crippen MR) is 138 cm³/mol.